The fourth-order valence-corrected chi connectivity index (χ4v) is 2.42. The number of carboxylic acids is 1. The van der Waals surface area contributed by atoms with E-state index in [0.29, 0.717) is 0 Å². The average Bonchev–Trinajstić information content (AvgIpc) is 2.88. The van der Waals surface area contributed by atoms with E-state index in [1.807, 2.05) is 0 Å². The molecule has 1 N–H and O–H groups in total. The fraction of sp³-hybridized carbons (Fsp3) is 0.571. The highest BCUT2D eigenvalue weighted by Crippen LogP contribution is 2.33. The summed E-state index contributed by atoms with van der Waals surface area (Å²) in [5.41, 5.74) is -0.117. The second-order valence-electron chi connectivity index (χ2n) is 5.19. The quantitative estimate of drug-likeness (QED) is 0.809. The number of rotatable bonds is 4. The number of hydrogen-bond donors (Lipinski definition) is 1. The van der Waals surface area contributed by atoms with Crippen LogP contribution in [0.15, 0.2) is 29.0 Å². The van der Waals surface area contributed by atoms with Crippen LogP contribution in [0.5, 0.6) is 0 Å². The van der Waals surface area contributed by atoms with Crippen molar-refractivity contribution in [3.8, 4) is 0 Å². The van der Waals surface area contributed by atoms with Crippen LogP contribution in [0.2, 0.25) is 0 Å². The minimum Gasteiger partial charge on any atom is -0.481 e. The van der Waals surface area contributed by atoms with Crippen LogP contribution < -0.4 is 0 Å². The summed E-state index contributed by atoms with van der Waals surface area (Å²) >= 11 is 0. The number of oxime groups is 1. The van der Waals surface area contributed by atoms with Crippen LogP contribution in [0.25, 0.3) is 0 Å². The number of halogens is 3. The molecule has 0 bridgehead atoms. The predicted molar refractivity (Wildman–Crippen MR) is 69.8 cm³/mol. The van der Waals surface area contributed by atoms with Crippen molar-refractivity contribution in [2.45, 2.75) is 44.4 Å². The summed E-state index contributed by atoms with van der Waals surface area (Å²) in [5, 5.41) is 12.3. The van der Waals surface area contributed by atoms with Gasteiger partial charge in [-0.15, -0.1) is 0 Å². The van der Waals surface area contributed by atoms with Gasteiger partial charge in [-0.25, -0.2) is 0 Å². The second kappa shape index (κ2) is 6.32. The lowest BCUT2D eigenvalue weighted by Gasteiger charge is -2.21. The van der Waals surface area contributed by atoms with Gasteiger partial charge in [0.1, 0.15) is 12.0 Å². The van der Waals surface area contributed by atoms with Crippen molar-refractivity contribution in [1.82, 2.24) is 0 Å². The van der Waals surface area contributed by atoms with E-state index in [4.69, 9.17) is 9.94 Å². The molecule has 1 fully saturated rings. The van der Waals surface area contributed by atoms with Crippen molar-refractivity contribution < 1.29 is 27.9 Å². The molecule has 1 saturated carbocycles. The maximum Gasteiger partial charge on any atom is 0.400 e. The smallest absolute Gasteiger partial charge is 0.400 e. The zero-order valence-corrected chi connectivity index (χ0v) is 11.3. The van der Waals surface area contributed by atoms with Crippen molar-refractivity contribution in [2.24, 2.45) is 11.1 Å². The van der Waals surface area contributed by atoms with Crippen molar-refractivity contribution in [3.63, 3.8) is 0 Å². The van der Waals surface area contributed by atoms with Crippen molar-refractivity contribution in [3.05, 3.63) is 23.8 Å². The third-order valence-electron chi connectivity index (χ3n) is 3.48. The average molecular weight is 303 g/mol. The molecule has 1 atom stereocenters. The normalized spacial score (nSPS) is 25.2. The Bertz CT molecular complexity index is 488. The van der Waals surface area contributed by atoms with Gasteiger partial charge in [-0.05, 0) is 37.3 Å². The molecule has 21 heavy (non-hydrogen) atoms. The third kappa shape index (κ3) is 4.34. The van der Waals surface area contributed by atoms with Crippen LogP contribution in [0.1, 0.15) is 32.1 Å². The van der Waals surface area contributed by atoms with E-state index in [0.717, 1.165) is 31.8 Å². The number of nitrogens with zero attached hydrogens (tertiary/aromatic N) is 1. The van der Waals surface area contributed by atoms with E-state index in [9.17, 15) is 18.0 Å². The van der Waals surface area contributed by atoms with Crippen molar-refractivity contribution in [1.29, 1.82) is 0 Å². The molecule has 2 rings (SSSR count). The highest BCUT2D eigenvalue weighted by molar-refractivity contribution is 6.00. The van der Waals surface area contributed by atoms with Gasteiger partial charge in [-0.1, -0.05) is 17.3 Å². The monoisotopic (exact) mass is 303 g/mol. The first kappa shape index (κ1) is 15.6. The summed E-state index contributed by atoms with van der Waals surface area (Å²) in [5.74, 6) is -3.09. The maximum atomic E-state index is 13.0. The molecule has 0 spiro atoms. The molecule has 0 aromatic carbocycles. The van der Waals surface area contributed by atoms with Crippen LogP contribution in [-0.2, 0) is 9.63 Å². The summed E-state index contributed by atoms with van der Waals surface area (Å²) in [6, 6.07) is 0. The minimum absolute atomic E-state index is 0.115. The summed E-state index contributed by atoms with van der Waals surface area (Å²) in [4.78, 5) is 15.8. The first-order valence-electron chi connectivity index (χ1n) is 6.77. The number of carbonyl (C=O) groups is 1. The molecular weight excluding hydrogens is 287 g/mol. The van der Waals surface area contributed by atoms with Gasteiger partial charge in [0.15, 0.2) is 0 Å². The predicted octanol–water partition coefficient (Wildman–Crippen LogP) is 3.45. The van der Waals surface area contributed by atoms with E-state index in [1.54, 1.807) is 0 Å². The lowest BCUT2D eigenvalue weighted by Crippen LogP contribution is -2.30. The van der Waals surface area contributed by atoms with Gasteiger partial charge < -0.3 is 9.94 Å². The summed E-state index contributed by atoms with van der Waals surface area (Å²) in [6.07, 6.45) is 1.93. The van der Waals surface area contributed by atoms with Gasteiger partial charge in [-0.2, -0.15) is 13.2 Å². The number of allylic oxidation sites excluding steroid dienone is 3. The Labute approximate surface area is 120 Å². The summed E-state index contributed by atoms with van der Waals surface area (Å²) in [6.45, 7) is 0. The number of carboxylic acid groups (broad SMARTS) is 1. The Morgan fingerprint density at radius 1 is 1.33 bits per heavy atom. The minimum atomic E-state index is -4.52. The molecule has 0 amide bonds. The van der Waals surface area contributed by atoms with Crippen molar-refractivity contribution >= 4 is 11.7 Å². The number of aliphatic carboxylic acids is 1. The van der Waals surface area contributed by atoms with E-state index < -0.39 is 24.5 Å². The van der Waals surface area contributed by atoms with E-state index in [-0.39, 0.29) is 17.4 Å². The number of alkyl halides is 3. The SMILES string of the molecule is O=C(O)CC1=CC(C(F)(F)F)C(=NOC2CCCC2)C=C1. The first-order chi connectivity index (χ1) is 9.86. The third-order valence-corrected chi connectivity index (χ3v) is 3.48. The Balaban J connectivity index is 2.13. The molecule has 0 aromatic heterocycles. The van der Waals surface area contributed by atoms with Gasteiger partial charge >= 0.3 is 12.1 Å². The molecule has 0 aromatic rings. The standard InChI is InChI=1S/C14H16F3NO3/c15-14(16,17)11-7-9(8-13(19)20)5-6-12(11)18-21-10-3-1-2-4-10/h5-7,10-11H,1-4,8H2,(H,19,20). The molecule has 116 valence electrons. The molecule has 0 radical (unpaired) electrons. The Kier molecular flexibility index (Phi) is 4.69. The molecule has 0 aliphatic heterocycles. The molecule has 0 saturated heterocycles. The van der Waals surface area contributed by atoms with Gasteiger partial charge in [0.25, 0.3) is 0 Å². The summed E-state index contributed by atoms with van der Waals surface area (Å²) in [7, 11) is 0. The van der Waals surface area contributed by atoms with Gasteiger partial charge in [0, 0.05) is 0 Å². The topological polar surface area (TPSA) is 58.9 Å². The second-order valence-corrected chi connectivity index (χ2v) is 5.19. The van der Waals surface area contributed by atoms with E-state index in [1.165, 1.54) is 12.2 Å². The van der Waals surface area contributed by atoms with Crippen LogP contribution >= 0.6 is 0 Å². The largest absolute Gasteiger partial charge is 0.481 e. The van der Waals surface area contributed by atoms with Gasteiger partial charge in [-0.3, -0.25) is 4.79 Å². The highest BCUT2D eigenvalue weighted by atomic mass is 19.4. The molecule has 2 aliphatic carbocycles. The first-order valence-corrected chi connectivity index (χ1v) is 6.77. The Hall–Kier alpha value is -1.79. The highest BCUT2D eigenvalue weighted by Gasteiger charge is 2.42. The fourth-order valence-electron chi connectivity index (χ4n) is 2.42. The van der Waals surface area contributed by atoms with Crippen molar-refractivity contribution in [2.75, 3.05) is 0 Å². The zero-order chi connectivity index (χ0) is 15.5. The molecule has 0 heterocycles. The zero-order valence-electron chi connectivity index (χ0n) is 11.3. The van der Waals surface area contributed by atoms with E-state index in [2.05, 4.69) is 5.16 Å². The molecule has 1 unspecified atom stereocenters. The van der Waals surface area contributed by atoms with Gasteiger partial charge in [0.2, 0.25) is 0 Å². The summed E-state index contributed by atoms with van der Waals surface area (Å²) < 4.78 is 39.1. The van der Waals surface area contributed by atoms with Crippen LogP contribution in [0, 0.1) is 5.92 Å². The molecule has 2 aliphatic rings. The van der Waals surface area contributed by atoms with Crippen LogP contribution in [0.3, 0.4) is 0 Å². The number of hydrogen-bond acceptors (Lipinski definition) is 3. The van der Waals surface area contributed by atoms with Gasteiger partial charge in [0.05, 0.1) is 12.1 Å². The van der Waals surface area contributed by atoms with E-state index >= 15 is 0 Å². The van der Waals surface area contributed by atoms with Crippen LogP contribution in [0.4, 0.5) is 13.2 Å². The molecular formula is C14H16F3NO3. The maximum absolute atomic E-state index is 13.0. The lowest BCUT2D eigenvalue weighted by molar-refractivity contribution is -0.145. The Morgan fingerprint density at radius 2 is 2.00 bits per heavy atom. The van der Waals surface area contributed by atoms with Crippen LogP contribution in [-0.4, -0.2) is 29.1 Å². The molecule has 4 nitrogen and oxygen atoms in total. The molecule has 7 heteroatoms. The lowest BCUT2D eigenvalue weighted by atomic mass is 9.92. The Morgan fingerprint density at radius 3 is 2.57 bits per heavy atom.